The normalized spacial score (nSPS) is 16.9. The Kier molecular flexibility index (Phi) is 4.38. The van der Waals surface area contributed by atoms with Crippen LogP contribution in [0.3, 0.4) is 0 Å². The molecule has 0 radical (unpaired) electrons. The van der Waals surface area contributed by atoms with E-state index in [1.54, 1.807) is 7.11 Å². The van der Waals surface area contributed by atoms with Crippen LogP contribution >= 0.6 is 0 Å². The largest absolute Gasteiger partial charge is 0.497 e. The lowest BCUT2D eigenvalue weighted by Gasteiger charge is -2.26. The minimum absolute atomic E-state index is 0.118. The van der Waals surface area contributed by atoms with Crippen LogP contribution in [-0.4, -0.2) is 13.7 Å². The highest BCUT2D eigenvalue weighted by atomic mass is 16.6. The Labute approximate surface area is 124 Å². The molecule has 0 aromatic heterocycles. The molecule has 0 aliphatic carbocycles. The number of hydrogen-bond acceptors (Lipinski definition) is 4. The summed E-state index contributed by atoms with van der Waals surface area (Å²) in [6, 6.07) is 16.1. The van der Waals surface area contributed by atoms with Crippen LogP contribution in [0.4, 0.5) is 0 Å². The maximum Gasteiger partial charge on any atom is 0.124 e. The third-order valence-electron chi connectivity index (χ3n) is 3.56. The maximum atomic E-state index is 5.67. The molecule has 0 saturated carbocycles. The fourth-order valence-corrected chi connectivity index (χ4v) is 2.42. The SMILES string of the molecule is COc1ccc2c(c1)C(NOCc1ccccc1)CCO2. The van der Waals surface area contributed by atoms with Gasteiger partial charge in [0.1, 0.15) is 11.5 Å². The zero-order chi connectivity index (χ0) is 14.5. The molecule has 1 N–H and O–H groups in total. The molecule has 0 saturated heterocycles. The number of nitrogens with one attached hydrogen (secondary N) is 1. The first-order chi connectivity index (χ1) is 10.4. The molecule has 1 unspecified atom stereocenters. The third-order valence-corrected chi connectivity index (χ3v) is 3.56. The molecule has 0 spiro atoms. The molecule has 1 aliphatic rings. The Balaban J connectivity index is 1.64. The van der Waals surface area contributed by atoms with Crippen LogP contribution in [0, 0.1) is 0 Å². The van der Waals surface area contributed by atoms with Gasteiger partial charge in [0.15, 0.2) is 0 Å². The predicted octanol–water partition coefficient (Wildman–Crippen LogP) is 3.24. The summed E-state index contributed by atoms with van der Waals surface area (Å²) >= 11 is 0. The van der Waals surface area contributed by atoms with Crippen LogP contribution in [0.15, 0.2) is 48.5 Å². The summed E-state index contributed by atoms with van der Waals surface area (Å²) < 4.78 is 10.9. The Bertz CT molecular complexity index is 586. The molecule has 0 fully saturated rings. The number of fused-ring (bicyclic) bond motifs is 1. The Morgan fingerprint density at radius 3 is 2.86 bits per heavy atom. The van der Waals surface area contributed by atoms with Crippen LogP contribution in [0.2, 0.25) is 0 Å². The topological polar surface area (TPSA) is 39.7 Å². The summed E-state index contributed by atoms with van der Waals surface area (Å²) in [5, 5.41) is 0. The van der Waals surface area contributed by atoms with Gasteiger partial charge in [0.2, 0.25) is 0 Å². The van der Waals surface area contributed by atoms with Gasteiger partial charge in [0, 0.05) is 12.0 Å². The summed E-state index contributed by atoms with van der Waals surface area (Å²) in [6.07, 6.45) is 0.870. The van der Waals surface area contributed by atoms with Crippen molar-refractivity contribution in [1.29, 1.82) is 0 Å². The monoisotopic (exact) mass is 285 g/mol. The van der Waals surface area contributed by atoms with E-state index in [1.165, 1.54) is 0 Å². The Hall–Kier alpha value is -2.04. The molecule has 2 aromatic carbocycles. The zero-order valence-electron chi connectivity index (χ0n) is 12.0. The summed E-state index contributed by atoms with van der Waals surface area (Å²) in [4.78, 5) is 5.64. The van der Waals surface area contributed by atoms with E-state index in [1.807, 2.05) is 48.5 Å². The van der Waals surface area contributed by atoms with Crippen LogP contribution in [0.1, 0.15) is 23.6 Å². The molecular formula is C17H19NO3. The van der Waals surface area contributed by atoms with Crippen LogP contribution in [-0.2, 0) is 11.4 Å². The highest BCUT2D eigenvalue weighted by Gasteiger charge is 2.22. The van der Waals surface area contributed by atoms with Gasteiger partial charge in [0.05, 0.1) is 26.4 Å². The summed E-state index contributed by atoms with van der Waals surface area (Å²) in [5.74, 6) is 1.72. The lowest BCUT2D eigenvalue weighted by atomic mass is 10.0. The molecule has 4 nitrogen and oxygen atoms in total. The number of benzene rings is 2. The Morgan fingerprint density at radius 2 is 2.05 bits per heavy atom. The molecule has 110 valence electrons. The van der Waals surface area contributed by atoms with Crippen molar-refractivity contribution in [2.24, 2.45) is 0 Å². The molecule has 2 aromatic rings. The number of hydroxylamine groups is 1. The second-order valence-corrected chi connectivity index (χ2v) is 4.99. The van der Waals surface area contributed by atoms with Gasteiger partial charge in [-0.25, -0.2) is 0 Å². The van der Waals surface area contributed by atoms with Crippen molar-refractivity contribution in [3.8, 4) is 11.5 Å². The molecule has 1 heterocycles. The third kappa shape index (κ3) is 3.35. The van der Waals surface area contributed by atoms with E-state index in [0.29, 0.717) is 13.2 Å². The van der Waals surface area contributed by atoms with Crippen molar-refractivity contribution >= 4 is 0 Å². The van der Waals surface area contributed by atoms with Gasteiger partial charge in [-0.15, -0.1) is 0 Å². The minimum Gasteiger partial charge on any atom is -0.497 e. The number of methoxy groups -OCH3 is 1. The standard InChI is InChI=1S/C17H19NO3/c1-19-14-7-8-17-15(11-14)16(9-10-20-17)18-21-12-13-5-3-2-4-6-13/h2-8,11,16,18H,9-10,12H2,1H3. The van der Waals surface area contributed by atoms with E-state index in [2.05, 4.69) is 5.48 Å². The van der Waals surface area contributed by atoms with Crippen LogP contribution in [0.5, 0.6) is 11.5 Å². The number of rotatable bonds is 5. The highest BCUT2D eigenvalue weighted by molar-refractivity contribution is 5.43. The summed E-state index contributed by atoms with van der Waals surface area (Å²) in [5.41, 5.74) is 5.36. The van der Waals surface area contributed by atoms with Crippen molar-refractivity contribution < 1.29 is 14.3 Å². The Morgan fingerprint density at radius 1 is 1.19 bits per heavy atom. The van der Waals surface area contributed by atoms with Gasteiger partial charge in [-0.05, 0) is 23.8 Å². The number of ether oxygens (including phenoxy) is 2. The maximum absolute atomic E-state index is 5.67. The minimum atomic E-state index is 0.118. The van der Waals surface area contributed by atoms with Gasteiger partial charge >= 0.3 is 0 Å². The van der Waals surface area contributed by atoms with Gasteiger partial charge in [0.25, 0.3) is 0 Å². The first-order valence-corrected chi connectivity index (χ1v) is 7.09. The van der Waals surface area contributed by atoms with Crippen molar-refractivity contribution in [3.05, 3.63) is 59.7 Å². The molecule has 0 bridgehead atoms. The molecule has 1 aliphatic heterocycles. The number of hydrogen-bond donors (Lipinski definition) is 1. The fourth-order valence-electron chi connectivity index (χ4n) is 2.42. The van der Waals surface area contributed by atoms with Gasteiger partial charge in [-0.2, -0.15) is 5.48 Å². The quantitative estimate of drug-likeness (QED) is 0.856. The fraction of sp³-hybridized carbons (Fsp3) is 0.294. The van der Waals surface area contributed by atoms with Crippen molar-refractivity contribution in [2.45, 2.75) is 19.1 Å². The molecule has 1 atom stereocenters. The summed E-state index contributed by atoms with van der Waals surface area (Å²) in [7, 11) is 1.67. The van der Waals surface area contributed by atoms with Gasteiger partial charge < -0.3 is 9.47 Å². The van der Waals surface area contributed by atoms with E-state index in [4.69, 9.17) is 14.3 Å². The lowest BCUT2D eigenvalue weighted by Crippen LogP contribution is -2.27. The predicted molar refractivity (Wildman–Crippen MR) is 80.2 cm³/mol. The zero-order valence-corrected chi connectivity index (χ0v) is 12.0. The molecule has 21 heavy (non-hydrogen) atoms. The first-order valence-electron chi connectivity index (χ1n) is 7.09. The highest BCUT2D eigenvalue weighted by Crippen LogP contribution is 2.34. The van der Waals surface area contributed by atoms with Crippen LogP contribution in [0.25, 0.3) is 0 Å². The average Bonchev–Trinajstić information content (AvgIpc) is 2.55. The van der Waals surface area contributed by atoms with Crippen LogP contribution < -0.4 is 15.0 Å². The molecule has 0 amide bonds. The summed E-state index contributed by atoms with van der Waals surface area (Å²) in [6.45, 7) is 1.23. The first kappa shape index (κ1) is 13.9. The van der Waals surface area contributed by atoms with Gasteiger partial charge in [-0.3, -0.25) is 4.84 Å². The van der Waals surface area contributed by atoms with Crippen molar-refractivity contribution in [2.75, 3.05) is 13.7 Å². The van der Waals surface area contributed by atoms with E-state index >= 15 is 0 Å². The van der Waals surface area contributed by atoms with E-state index in [9.17, 15) is 0 Å². The molecular weight excluding hydrogens is 266 g/mol. The average molecular weight is 285 g/mol. The molecule has 3 rings (SSSR count). The second kappa shape index (κ2) is 6.61. The van der Waals surface area contributed by atoms with Gasteiger partial charge in [-0.1, -0.05) is 30.3 Å². The van der Waals surface area contributed by atoms with Crippen molar-refractivity contribution in [3.63, 3.8) is 0 Å². The van der Waals surface area contributed by atoms with Crippen molar-refractivity contribution in [1.82, 2.24) is 5.48 Å². The van der Waals surface area contributed by atoms with E-state index in [0.717, 1.165) is 29.0 Å². The smallest absolute Gasteiger partial charge is 0.124 e. The second-order valence-electron chi connectivity index (χ2n) is 4.99. The lowest BCUT2D eigenvalue weighted by molar-refractivity contribution is -0.00603. The van der Waals surface area contributed by atoms with E-state index in [-0.39, 0.29) is 6.04 Å². The molecule has 4 heteroatoms. The van der Waals surface area contributed by atoms with E-state index < -0.39 is 0 Å².